The van der Waals surface area contributed by atoms with Crippen molar-refractivity contribution in [3.8, 4) is 22.6 Å². The Labute approximate surface area is 218 Å². The molecule has 0 heterocycles. The summed E-state index contributed by atoms with van der Waals surface area (Å²) >= 11 is 0. The molecular formula is C30H36N2O5. The van der Waals surface area contributed by atoms with Gasteiger partial charge < -0.3 is 25.2 Å². The average Bonchev–Trinajstić information content (AvgIpc) is 2.88. The van der Waals surface area contributed by atoms with Crippen LogP contribution in [0.4, 0.5) is 0 Å². The number of aliphatic carboxylic acids is 1. The third kappa shape index (κ3) is 9.28. The summed E-state index contributed by atoms with van der Waals surface area (Å²) in [5.74, 6) is 0.547. The van der Waals surface area contributed by atoms with E-state index in [-0.39, 0.29) is 12.3 Å². The van der Waals surface area contributed by atoms with E-state index in [2.05, 4.69) is 47.9 Å². The zero-order valence-electron chi connectivity index (χ0n) is 21.6. The minimum absolute atomic E-state index is 0.0572. The van der Waals surface area contributed by atoms with Crippen LogP contribution in [0.2, 0.25) is 0 Å². The maximum absolute atomic E-state index is 11.0. The Morgan fingerprint density at radius 3 is 2.46 bits per heavy atom. The predicted octanol–water partition coefficient (Wildman–Crippen LogP) is 5.10. The molecule has 3 N–H and O–H groups in total. The Bertz CT molecular complexity index is 1160. The summed E-state index contributed by atoms with van der Waals surface area (Å²) in [5, 5.41) is 14.9. The molecule has 0 aliphatic carbocycles. The van der Waals surface area contributed by atoms with E-state index in [9.17, 15) is 9.59 Å². The van der Waals surface area contributed by atoms with Crippen LogP contribution in [0.15, 0.2) is 66.7 Å². The molecule has 0 fully saturated rings. The lowest BCUT2D eigenvalue weighted by Crippen LogP contribution is -2.30. The van der Waals surface area contributed by atoms with Gasteiger partial charge in [-0.05, 0) is 48.1 Å². The normalized spacial score (nSPS) is 10.6. The van der Waals surface area contributed by atoms with Crippen molar-refractivity contribution in [2.24, 2.45) is 0 Å². The highest BCUT2D eigenvalue weighted by Crippen LogP contribution is 2.29. The standard InChI is InChI=1S/C30H36N2O5/c1-22-26(11-8-12-28(22)24-9-4-3-5-10-24)21-37-27-15-14-25(20-31-16-17-32-23(2)33)29(19-27)36-18-7-6-13-30(34)35/h3-5,8-12,14-15,19,31H,6-7,13,16-18,20-21H2,1-2H3,(H,32,33)(H,34,35). The summed E-state index contributed by atoms with van der Waals surface area (Å²) in [5.41, 5.74) is 5.63. The number of nitrogens with one attached hydrogen (secondary N) is 2. The lowest BCUT2D eigenvalue weighted by molar-refractivity contribution is -0.137. The molecule has 3 aromatic rings. The van der Waals surface area contributed by atoms with Crippen molar-refractivity contribution >= 4 is 11.9 Å². The molecule has 0 aromatic heterocycles. The van der Waals surface area contributed by atoms with Gasteiger partial charge in [-0.3, -0.25) is 9.59 Å². The highest BCUT2D eigenvalue weighted by molar-refractivity contribution is 5.72. The van der Waals surface area contributed by atoms with E-state index in [0.29, 0.717) is 57.2 Å². The summed E-state index contributed by atoms with van der Waals surface area (Å²) in [6.45, 7) is 6.21. The van der Waals surface area contributed by atoms with Crippen LogP contribution in [0, 0.1) is 6.92 Å². The monoisotopic (exact) mass is 504 g/mol. The van der Waals surface area contributed by atoms with Crippen LogP contribution in [0.3, 0.4) is 0 Å². The molecule has 0 aliphatic rings. The SMILES string of the molecule is CC(=O)NCCNCc1ccc(OCc2cccc(-c3ccccc3)c2C)cc1OCCCCC(=O)O. The molecule has 0 saturated heterocycles. The molecule has 0 saturated carbocycles. The Balaban J connectivity index is 1.66. The van der Waals surface area contributed by atoms with Crippen LogP contribution in [-0.2, 0) is 22.7 Å². The number of carbonyl (C=O) groups excluding carboxylic acids is 1. The minimum atomic E-state index is -0.800. The van der Waals surface area contributed by atoms with E-state index in [1.54, 1.807) is 0 Å². The predicted molar refractivity (Wildman–Crippen MR) is 145 cm³/mol. The number of benzene rings is 3. The fourth-order valence-corrected chi connectivity index (χ4v) is 3.95. The molecule has 0 spiro atoms. The van der Waals surface area contributed by atoms with E-state index in [4.69, 9.17) is 14.6 Å². The Kier molecular flexibility index (Phi) is 11.0. The average molecular weight is 505 g/mol. The summed E-state index contributed by atoms with van der Waals surface area (Å²) in [6, 6.07) is 22.3. The molecule has 37 heavy (non-hydrogen) atoms. The molecule has 0 bridgehead atoms. The van der Waals surface area contributed by atoms with Crippen molar-refractivity contribution in [3.05, 3.63) is 83.4 Å². The largest absolute Gasteiger partial charge is 0.493 e. The zero-order chi connectivity index (χ0) is 26.5. The molecule has 0 radical (unpaired) electrons. The second-order valence-electron chi connectivity index (χ2n) is 8.87. The molecule has 0 unspecified atom stereocenters. The van der Waals surface area contributed by atoms with Gasteiger partial charge in [0.15, 0.2) is 0 Å². The van der Waals surface area contributed by atoms with Gasteiger partial charge >= 0.3 is 5.97 Å². The molecule has 7 heteroatoms. The first-order valence-corrected chi connectivity index (χ1v) is 12.6. The van der Waals surface area contributed by atoms with Gasteiger partial charge in [0, 0.05) is 44.6 Å². The molecule has 7 nitrogen and oxygen atoms in total. The van der Waals surface area contributed by atoms with Crippen molar-refractivity contribution in [1.82, 2.24) is 10.6 Å². The van der Waals surface area contributed by atoms with Crippen molar-refractivity contribution in [2.45, 2.75) is 46.3 Å². The minimum Gasteiger partial charge on any atom is -0.493 e. The highest BCUT2D eigenvalue weighted by Gasteiger charge is 2.10. The van der Waals surface area contributed by atoms with Crippen LogP contribution in [0.1, 0.15) is 42.9 Å². The quantitative estimate of drug-likeness (QED) is 0.249. The summed E-state index contributed by atoms with van der Waals surface area (Å²) in [4.78, 5) is 21.8. The smallest absolute Gasteiger partial charge is 0.303 e. The summed E-state index contributed by atoms with van der Waals surface area (Å²) < 4.78 is 12.2. The van der Waals surface area contributed by atoms with Gasteiger partial charge in [0.05, 0.1) is 6.61 Å². The molecule has 0 atom stereocenters. The second-order valence-corrected chi connectivity index (χ2v) is 8.87. The van der Waals surface area contributed by atoms with E-state index in [1.165, 1.54) is 23.6 Å². The Hall–Kier alpha value is -3.84. The molecule has 3 aromatic carbocycles. The first-order chi connectivity index (χ1) is 17.9. The third-order valence-electron chi connectivity index (χ3n) is 6.00. The van der Waals surface area contributed by atoms with Crippen molar-refractivity contribution in [2.75, 3.05) is 19.7 Å². The van der Waals surface area contributed by atoms with Crippen LogP contribution < -0.4 is 20.1 Å². The maximum Gasteiger partial charge on any atom is 0.303 e. The van der Waals surface area contributed by atoms with E-state index >= 15 is 0 Å². The third-order valence-corrected chi connectivity index (χ3v) is 6.00. The zero-order valence-corrected chi connectivity index (χ0v) is 21.6. The number of hydrogen-bond acceptors (Lipinski definition) is 5. The topological polar surface area (TPSA) is 96.9 Å². The lowest BCUT2D eigenvalue weighted by Gasteiger charge is -2.16. The number of hydrogen-bond donors (Lipinski definition) is 3. The summed E-state index contributed by atoms with van der Waals surface area (Å²) in [7, 11) is 0. The molecule has 3 rings (SSSR count). The van der Waals surface area contributed by atoms with Gasteiger partial charge in [-0.1, -0.05) is 54.6 Å². The number of ether oxygens (including phenoxy) is 2. The van der Waals surface area contributed by atoms with E-state index < -0.39 is 5.97 Å². The maximum atomic E-state index is 11.0. The fourth-order valence-electron chi connectivity index (χ4n) is 3.95. The lowest BCUT2D eigenvalue weighted by atomic mass is 9.97. The second kappa shape index (κ2) is 14.7. The van der Waals surface area contributed by atoms with Crippen molar-refractivity contribution in [1.29, 1.82) is 0 Å². The van der Waals surface area contributed by atoms with Gasteiger partial charge in [0.1, 0.15) is 18.1 Å². The van der Waals surface area contributed by atoms with Gasteiger partial charge in [-0.2, -0.15) is 0 Å². The van der Waals surface area contributed by atoms with E-state index in [1.807, 2.05) is 36.4 Å². The van der Waals surface area contributed by atoms with Gasteiger partial charge in [-0.15, -0.1) is 0 Å². The van der Waals surface area contributed by atoms with Crippen LogP contribution in [-0.4, -0.2) is 36.7 Å². The fraction of sp³-hybridized carbons (Fsp3) is 0.333. The van der Waals surface area contributed by atoms with Gasteiger partial charge in [0.25, 0.3) is 0 Å². The number of carbonyl (C=O) groups is 2. The van der Waals surface area contributed by atoms with Gasteiger partial charge in [0.2, 0.25) is 5.91 Å². The van der Waals surface area contributed by atoms with Gasteiger partial charge in [-0.25, -0.2) is 0 Å². The number of carboxylic acids is 1. The van der Waals surface area contributed by atoms with Crippen LogP contribution >= 0.6 is 0 Å². The van der Waals surface area contributed by atoms with Crippen molar-refractivity contribution < 1.29 is 24.2 Å². The first kappa shape index (κ1) is 27.7. The first-order valence-electron chi connectivity index (χ1n) is 12.6. The molecular weight excluding hydrogens is 468 g/mol. The van der Waals surface area contributed by atoms with Crippen LogP contribution in [0.25, 0.3) is 11.1 Å². The summed E-state index contributed by atoms with van der Waals surface area (Å²) in [6.07, 6.45) is 1.34. The Morgan fingerprint density at radius 1 is 0.892 bits per heavy atom. The Morgan fingerprint density at radius 2 is 1.70 bits per heavy atom. The number of rotatable bonds is 15. The van der Waals surface area contributed by atoms with Crippen LogP contribution in [0.5, 0.6) is 11.5 Å². The number of amides is 1. The van der Waals surface area contributed by atoms with E-state index in [0.717, 1.165) is 11.1 Å². The van der Waals surface area contributed by atoms with Crippen molar-refractivity contribution in [3.63, 3.8) is 0 Å². The number of carboxylic acid groups (broad SMARTS) is 1. The molecule has 1 amide bonds. The highest BCUT2D eigenvalue weighted by atomic mass is 16.5. The molecule has 196 valence electrons. The number of unbranched alkanes of at least 4 members (excludes halogenated alkanes) is 1. The molecule has 0 aliphatic heterocycles.